The third-order valence-electron chi connectivity index (χ3n) is 5.97. The Hall–Kier alpha value is -2.77. The average molecular weight is 413 g/mol. The number of carbonyl (C=O) groups is 1. The lowest BCUT2D eigenvalue weighted by molar-refractivity contribution is 0.0706. The number of carbonyl (C=O) groups excluding carboxylic acids is 1. The lowest BCUT2D eigenvalue weighted by Crippen LogP contribution is -2.25. The van der Waals surface area contributed by atoms with Gasteiger partial charge in [0.05, 0.1) is 0 Å². The van der Waals surface area contributed by atoms with E-state index in [4.69, 9.17) is 5.21 Å². The van der Waals surface area contributed by atoms with Crippen LogP contribution < -0.4 is 5.48 Å². The van der Waals surface area contributed by atoms with Crippen molar-refractivity contribution in [2.75, 3.05) is 19.6 Å². The highest BCUT2D eigenvalue weighted by molar-refractivity contribution is 5.93. The molecule has 0 radical (unpaired) electrons. The molecule has 1 amide bonds. The Labute approximate surface area is 173 Å². The highest BCUT2D eigenvalue weighted by atomic mass is 19.1. The van der Waals surface area contributed by atoms with Gasteiger partial charge in [-0.05, 0) is 61.2 Å². The number of likely N-dealkylation sites (tertiary alicyclic amines) is 1. The number of alkyl halides is 1. The third-order valence-corrected chi connectivity index (χ3v) is 5.97. The largest absolute Gasteiger partial charge is 0.343 e. The number of benzene rings is 2. The molecule has 0 unspecified atom stereocenters. The molecule has 2 aromatic carbocycles. The fourth-order valence-corrected chi connectivity index (χ4v) is 4.31. The van der Waals surface area contributed by atoms with E-state index in [2.05, 4.69) is 9.47 Å². The Kier molecular flexibility index (Phi) is 5.83. The van der Waals surface area contributed by atoms with Gasteiger partial charge in [-0.25, -0.2) is 14.3 Å². The zero-order chi connectivity index (χ0) is 21.3. The van der Waals surface area contributed by atoms with Crippen LogP contribution in [0.4, 0.5) is 8.78 Å². The number of nitrogens with one attached hydrogen (secondary N) is 1. The first-order chi connectivity index (χ1) is 14.5. The van der Waals surface area contributed by atoms with E-state index in [0.29, 0.717) is 24.9 Å². The molecule has 1 atom stereocenters. The van der Waals surface area contributed by atoms with Gasteiger partial charge in [-0.1, -0.05) is 12.1 Å². The number of fused-ring (bicyclic) bond motifs is 1. The van der Waals surface area contributed by atoms with Crippen molar-refractivity contribution in [2.24, 2.45) is 0 Å². The molecule has 158 valence electrons. The van der Waals surface area contributed by atoms with Gasteiger partial charge in [-0.2, -0.15) is 0 Å². The number of nitrogens with zero attached hydrogens (tertiary/aromatic N) is 2. The molecule has 1 aromatic heterocycles. The van der Waals surface area contributed by atoms with E-state index in [9.17, 15) is 13.6 Å². The van der Waals surface area contributed by atoms with Gasteiger partial charge in [0.25, 0.3) is 5.91 Å². The molecule has 5 nitrogen and oxygen atoms in total. The number of amides is 1. The second-order valence-electron chi connectivity index (χ2n) is 7.88. The van der Waals surface area contributed by atoms with Crippen LogP contribution in [0.5, 0.6) is 0 Å². The third kappa shape index (κ3) is 4.08. The van der Waals surface area contributed by atoms with Crippen molar-refractivity contribution < 1.29 is 18.8 Å². The quantitative estimate of drug-likeness (QED) is 0.477. The maximum atomic E-state index is 14.0. The van der Waals surface area contributed by atoms with Crippen LogP contribution in [0.15, 0.2) is 42.5 Å². The summed E-state index contributed by atoms with van der Waals surface area (Å²) in [5.41, 5.74) is 6.03. The van der Waals surface area contributed by atoms with Gasteiger partial charge in [0.15, 0.2) is 0 Å². The van der Waals surface area contributed by atoms with Crippen molar-refractivity contribution in [3.63, 3.8) is 0 Å². The number of halogens is 2. The Morgan fingerprint density at radius 3 is 2.63 bits per heavy atom. The summed E-state index contributed by atoms with van der Waals surface area (Å²) in [4.78, 5) is 13.6. The summed E-state index contributed by atoms with van der Waals surface area (Å²) in [5, 5.41) is 9.63. The molecule has 1 aliphatic rings. The van der Waals surface area contributed by atoms with Gasteiger partial charge in [0.1, 0.15) is 12.0 Å². The van der Waals surface area contributed by atoms with Crippen molar-refractivity contribution >= 4 is 16.8 Å². The van der Waals surface area contributed by atoms with Crippen molar-refractivity contribution in [1.82, 2.24) is 14.9 Å². The molecule has 0 spiro atoms. The number of aromatic nitrogens is 1. The number of rotatable bonds is 6. The van der Waals surface area contributed by atoms with Crippen molar-refractivity contribution in [3.05, 3.63) is 70.7 Å². The molecule has 7 heteroatoms. The van der Waals surface area contributed by atoms with Gasteiger partial charge in [-0.3, -0.25) is 14.9 Å². The summed E-state index contributed by atoms with van der Waals surface area (Å²) in [6.45, 7) is 4.76. The average Bonchev–Trinajstić information content (AvgIpc) is 3.27. The fraction of sp³-hybridized carbons (Fsp3) is 0.348. The SMILES string of the molecule is Cc1c(Cc2ccc(C(=O)NO)cc2)c2cc(F)ccc2n1CCN1CC[C@H](F)C1. The Bertz CT molecular complexity index is 1060. The number of hydrogen-bond acceptors (Lipinski definition) is 3. The summed E-state index contributed by atoms with van der Waals surface area (Å²) in [5.74, 6) is -0.843. The van der Waals surface area contributed by atoms with Gasteiger partial charge in [-0.15, -0.1) is 0 Å². The first kappa shape index (κ1) is 20.5. The molecular formula is C23H25F2N3O2. The van der Waals surface area contributed by atoms with Gasteiger partial charge < -0.3 is 4.57 Å². The van der Waals surface area contributed by atoms with Crippen LogP contribution in [-0.2, 0) is 13.0 Å². The van der Waals surface area contributed by atoms with Gasteiger partial charge in [0, 0.05) is 48.3 Å². The maximum absolute atomic E-state index is 14.0. The highest BCUT2D eigenvalue weighted by Crippen LogP contribution is 2.29. The molecule has 1 saturated heterocycles. The van der Waals surface area contributed by atoms with Crippen molar-refractivity contribution in [2.45, 2.75) is 32.5 Å². The van der Waals surface area contributed by atoms with E-state index in [1.54, 1.807) is 29.7 Å². The molecule has 0 bridgehead atoms. The molecule has 2 heterocycles. The molecule has 2 N–H and O–H groups in total. The molecular weight excluding hydrogens is 388 g/mol. The van der Waals surface area contributed by atoms with E-state index in [0.717, 1.165) is 47.4 Å². The van der Waals surface area contributed by atoms with Gasteiger partial charge >= 0.3 is 0 Å². The Morgan fingerprint density at radius 2 is 1.97 bits per heavy atom. The summed E-state index contributed by atoms with van der Waals surface area (Å²) < 4.78 is 29.7. The summed E-state index contributed by atoms with van der Waals surface area (Å²) in [6.07, 6.45) is 0.440. The topological polar surface area (TPSA) is 57.5 Å². The summed E-state index contributed by atoms with van der Waals surface area (Å²) in [7, 11) is 0. The molecule has 30 heavy (non-hydrogen) atoms. The Morgan fingerprint density at radius 1 is 1.20 bits per heavy atom. The van der Waals surface area contributed by atoms with E-state index < -0.39 is 12.1 Å². The lowest BCUT2D eigenvalue weighted by Gasteiger charge is -2.17. The zero-order valence-electron chi connectivity index (χ0n) is 16.9. The van der Waals surface area contributed by atoms with Crippen LogP contribution in [0.1, 0.15) is 33.6 Å². The van der Waals surface area contributed by atoms with E-state index in [1.807, 2.05) is 19.1 Å². The van der Waals surface area contributed by atoms with Crippen LogP contribution in [-0.4, -0.2) is 46.4 Å². The van der Waals surface area contributed by atoms with Crippen molar-refractivity contribution in [1.29, 1.82) is 0 Å². The van der Waals surface area contributed by atoms with Crippen LogP contribution >= 0.6 is 0 Å². The molecule has 1 aliphatic heterocycles. The van der Waals surface area contributed by atoms with Crippen LogP contribution in [0.3, 0.4) is 0 Å². The predicted molar refractivity (Wildman–Crippen MR) is 111 cm³/mol. The molecule has 3 aromatic rings. The minimum absolute atomic E-state index is 0.282. The first-order valence-corrected chi connectivity index (χ1v) is 10.1. The van der Waals surface area contributed by atoms with Crippen LogP contribution in [0, 0.1) is 12.7 Å². The Balaban J connectivity index is 1.63. The molecule has 0 aliphatic carbocycles. The minimum Gasteiger partial charge on any atom is -0.343 e. The fourth-order valence-electron chi connectivity index (χ4n) is 4.31. The first-order valence-electron chi connectivity index (χ1n) is 10.1. The van der Waals surface area contributed by atoms with E-state index in [1.165, 1.54) is 6.07 Å². The monoisotopic (exact) mass is 413 g/mol. The number of hydrogen-bond donors (Lipinski definition) is 2. The van der Waals surface area contributed by atoms with Crippen LogP contribution in [0.2, 0.25) is 0 Å². The van der Waals surface area contributed by atoms with E-state index in [-0.39, 0.29) is 5.82 Å². The summed E-state index contributed by atoms with van der Waals surface area (Å²) >= 11 is 0. The zero-order valence-corrected chi connectivity index (χ0v) is 16.9. The van der Waals surface area contributed by atoms with Crippen molar-refractivity contribution in [3.8, 4) is 0 Å². The highest BCUT2D eigenvalue weighted by Gasteiger charge is 2.22. The smallest absolute Gasteiger partial charge is 0.274 e. The predicted octanol–water partition coefficient (Wildman–Crippen LogP) is 3.84. The summed E-state index contributed by atoms with van der Waals surface area (Å²) in [6, 6.07) is 11.8. The standard InChI is InChI=1S/C23H25F2N3O2/c1-15-20(12-16-2-4-17(5-3-16)23(29)26-30)21-13-18(24)6-7-22(21)28(15)11-10-27-9-8-19(25)14-27/h2-7,13,19,30H,8-12,14H2,1H3,(H,26,29)/t19-/m0/s1. The normalized spacial score (nSPS) is 17.0. The molecule has 1 fully saturated rings. The van der Waals surface area contributed by atoms with Gasteiger partial charge in [0.2, 0.25) is 0 Å². The molecule has 4 rings (SSSR count). The second-order valence-corrected chi connectivity index (χ2v) is 7.88. The number of hydroxylamine groups is 1. The van der Waals surface area contributed by atoms with Crippen LogP contribution in [0.25, 0.3) is 10.9 Å². The van der Waals surface area contributed by atoms with E-state index >= 15 is 0 Å². The maximum Gasteiger partial charge on any atom is 0.274 e. The minimum atomic E-state index is -0.743. The molecule has 0 saturated carbocycles. The lowest BCUT2D eigenvalue weighted by atomic mass is 10.0. The second kappa shape index (κ2) is 8.53.